The van der Waals surface area contributed by atoms with Crippen molar-refractivity contribution in [1.29, 1.82) is 0 Å². The van der Waals surface area contributed by atoms with Crippen LogP contribution in [0.25, 0.3) is 0 Å². The molecule has 0 unspecified atom stereocenters. The number of ether oxygens (including phenoxy) is 2. The minimum absolute atomic E-state index is 0.0209. The highest BCUT2D eigenvalue weighted by atomic mass is 32.2. The highest BCUT2D eigenvalue weighted by Gasteiger charge is 2.15. The fraction of sp³-hybridized carbons (Fsp3) is 0.188. The van der Waals surface area contributed by atoms with Crippen molar-refractivity contribution >= 4 is 27.5 Å². The zero-order chi connectivity index (χ0) is 17.6. The lowest BCUT2D eigenvalue weighted by Gasteiger charge is -2.10. The van der Waals surface area contributed by atoms with Crippen LogP contribution in [0.5, 0.6) is 5.75 Å². The quantitative estimate of drug-likeness (QED) is 0.835. The van der Waals surface area contributed by atoms with Gasteiger partial charge in [-0.25, -0.2) is 13.2 Å². The van der Waals surface area contributed by atoms with E-state index in [9.17, 15) is 13.2 Å². The van der Waals surface area contributed by atoms with E-state index in [4.69, 9.17) is 9.47 Å². The minimum atomic E-state index is -3.79. The fourth-order valence-electron chi connectivity index (χ4n) is 1.90. The van der Waals surface area contributed by atoms with Gasteiger partial charge in [0.25, 0.3) is 10.0 Å². The summed E-state index contributed by atoms with van der Waals surface area (Å²) in [6.07, 6.45) is -0.643. The monoisotopic (exact) mass is 350 g/mol. The molecule has 1 amide bonds. The molecule has 0 radical (unpaired) electrons. The molecule has 0 spiro atoms. The molecule has 8 heteroatoms. The molecule has 0 atom stereocenters. The van der Waals surface area contributed by atoms with Crippen molar-refractivity contribution in [1.82, 2.24) is 0 Å². The van der Waals surface area contributed by atoms with Gasteiger partial charge in [0.2, 0.25) is 0 Å². The molecule has 0 bridgehead atoms. The van der Waals surface area contributed by atoms with Gasteiger partial charge in [0.1, 0.15) is 5.75 Å². The first-order chi connectivity index (χ1) is 11.4. The third-order valence-electron chi connectivity index (χ3n) is 3.01. The van der Waals surface area contributed by atoms with Crippen LogP contribution in [-0.4, -0.2) is 28.2 Å². The lowest BCUT2D eigenvalue weighted by Crippen LogP contribution is -2.15. The maximum absolute atomic E-state index is 12.4. The number of rotatable bonds is 6. The summed E-state index contributed by atoms with van der Waals surface area (Å²) in [5.74, 6) is 0.624. The number of benzene rings is 2. The standard InChI is InChI=1S/C16H18N2O5S/c1-3-23-16(19)17-13-5-4-6-15(11-13)24(20,21)18-12-7-9-14(22-2)10-8-12/h4-11,18H,3H2,1-2H3,(H,17,19). The highest BCUT2D eigenvalue weighted by molar-refractivity contribution is 7.92. The Morgan fingerprint density at radius 2 is 1.79 bits per heavy atom. The second-order valence-electron chi connectivity index (χ2n) is 4.71. The highest BCUT2D eigenvalue weighted by Crippen LogP contribution is 2.21. The van der Waals surface area contributed by atoms with Crippen molar-refractivity contribution in [3.05, 3.63) is 48.5 Å². The third-order valence-corrected chi connectivity index (χ3v) is 4.39. The molecule has 2 N–H and O–H groups in total. The van der Waals surface area contributed by atoms with Gasteiger partial charge in [-0.2, -0.15) is 0 Å². The Balaban J connectivity index is 2.17. The first-order valence-electron chi connectivity index (χ1n) is 7.15. The Morgan fingerprint density at radius 3 is 2.42 bits per heavy atom. The largest absolute Gasteiger partial charge is 0.497 e. The summed E-state index contributed by atoms with van der Waals surface area (Å²) in [6.45, 7) is 1.90. The Hall–Kier alpha value is -2.74. The number of anilines is 2. The second-order valence-corrected chi connectivity index (χ2v) is 6.39. The zero-order valence-corrected chi connectivity index (χ0v) is 14.1. The van der Waals surface area contributed by atoms with E-state index in [1.807, 2.05) is 0 Å². The van der Waals surface area contributed by atoms with Crippen molar-refractivity contribution < 1.29 is 22.7 Å². The van der Waals surface area contributed by atoms with Gasteiger partial charge in [-0.15, -0.1) is 0 Å². The van der Waals surface area contributed by atoms with E-state index in [0.29, 0.717) is 17.1 Å². The molecule has 2 aromatic rings. The molecule has 0 heterocycles. The average molecular weight is 350 g/mol. The molecule has 0 saturated carbocycles. The second kappa shape index (κ2) is 7.69. The number of carbonyl (C=O) groups excluding carboxylic acids is 1. The smallest absolute Gasteiger partial charge is 0.411 e. The summed E-state index contributed by atoms with van der Waals surface area (Å²) in [5.41, 5.74) is 0.727. The average Bonchev–Trinajstić information content (AvgIpc) is 2.55. The first-order valence-corrected chi connectivity index (χ1v) is 8.63. The van der Waals surface area contributed by atoms with Crippen LogP contribution in [-0.2, 0) is 14.8 Å². The predicted molar refractivity (Wildman–Crippen MR) is 90.9 cm³/mol. The van der Waals surface area contributed by atoms with Crippen molar-refractivity contribution in [2.24, 2.45) is 0 Å². The molecule has 0 aliphatic carbocycles. The Kier molecular flexibility index (Phi) is 5.64. The van der Waals surface area contributed by atoms with Crippen LogP contribution in [0.3, 0.4) is 0 Å². The molecule has 0 aromatic heterocycles. The molecule has 0 saturated heterocycles. The van der Waals surface area contributed by atoms with Gasteiger partial charge < -0.3 is 9.47 Å². The number of methoxy groups -OCH3 is 1. The summed E-state index contributed by atoms with van der Waals surface area (Å²) in [6, 6.07) is 12.4. The summed E-state index contributed by atoms with van der Waals surface area (Å²) >= 11 is 0. The Morgan fingerprint density at radius 1 is 1.08 bits per heavy atom. The maximum Gasteiger partial charge on any atom is 0.411 e. The summed E-state index contributed by atoms with van der Waals surface area (Å²) in [4.78, 5) is 11.4. The van der Waals surface area contributed by atoms with Gasteiger partial charge in [0.15, 0.2) is 0 Å². The van der Waals surface area contributed by atoms with Crippen LogP contribution < -0.4 is 14.8 Å². The minimum Gasteiger partial charge on any atom is -0.497 e. The molecule has 0 aliphatic heterocycles. The van der Waals surface area contributed by atoms with Crippen LogP contribution in [0.1, 0.15) is 6.92 Å². The normalized spacial score (nSPS) is 10.8. The molecule has 128 valence electrons. The van der Waals surface area contributed by atoms with Gasteiger partial charge in [0.05, 0.1) is 18.6 Å². The van der Waals surface area contributed by atoms with Crippen LogP contribution >= 0.6 is 0 Å². The molecule has 2 aromatic carbocycles. The van der Waals surface area contributed by atoms with Crippen LogP contribution in [0.15, 0.2) is 53.4 Å². The predicted octanol–water partition coefficient (Wildman–Crippen LogP) is 3.06. The van der Waals surface area contributed by atoms with E-state index in [1.54, 1.807) is 37.3 Å². The Labute approximate surface area is 140 Å². The van der Waals surface area contributed by atoms with E-state index in [1.165, 1.54) is 25.3 Å². The van der Waals surface area contributed by atoms with Gasteiger partial charge in [0, 0.05) is 11.4 Å². The van der Waals surface area contributed by atoms with Gasteiger partial charge in [-0.3, -0.25) is 10.0 Å². The fourth-order valence-corrected chi connectivity index (χ4v) is 3.00. The number of carbonyl (C=O) groups is 1. The third kappa shape index (κ3) is 4.63. The summed E-state index contributed by atoms with van der Waals surface area (Å²) < 4.78 is 37.1. The molecule has 24 heavy (non-hydrogen) atoms. The lowest BCUT2D eigenvalue weighted by molar-refractivity contribution is 0.168. The maximum atomic E-state index is 12.4. The Bertz CT molecular complexity index is 803. The molecule has 7 nitrogen and oxygen atoms in total. The van der Waals surface area contributed by atoms with E-state index < -0.39 is 16.1 Å². The molecular formula is C16H18N2O5S. The molecule has 0 fully saturated rings. The van der Waals surface area contributed by atoms with Crippen LogP contribution in [0.4, 0.5) is 16.2 Å². The topological polar surface area (TPSA) is 93.7 Å². The van der Waals surface area contributed by atoms with E-state index in [-0.39, 0.29) is 11.5 Å². The van der Waals surface area contributed by atoms with E-state index in [0.717, 1.165) is 0 Å². The van der Waals surface area contributed by atoms with Crippen molar-refractivity contribution in [2.45, 2.75) is 11.8 Å². The summed E-state index contributed by atoms with van der Waals surface area (Å²) in [5, 5.41) is 2.46. The zero-order valence-electron chi connectivity index (χ0n) is 13.3. The molecular weight excluding hydrogens is 332 g/mol. The number of amides is 1. The van der Waals surface area contributed by atoms with E-state index >= 15 is 0 Å². The van der Waals surface area contributed by atoms with Crippen molar-refractivity contribution in [3.63, 3.8) is 0 Å². The molecule has 0 aliphatic rings. The van der Waals surface area contributed by atoms with Gasteiger partial charge in [-0.05, 0) is 49.4 Å². The van der Waals surface area contributed by atoms with Crippen LogP contribution in [0.2, 0.25) is 0 Å². The van der Waals surface area contributed by atoms with Crippen molar-refractivity contribution in [2.75, 3.05) is 23.8 Å². The first kappa shape index (κ1) is 17.6. The number of sulfonamides is 1. The molecule has 2 rings (SSSR count). The number of hydrogen-bond donors (Lipinski definition) is 2. The van der Waals surface area contributed by atoms with Crippen molar-refractivity contribution in [3.8, 4) is 5.75 Å². The summed E-state index contributed by atoms with van der Waals surface area (Å²) in [7, 11) is -2.26. The number of hydrogen-bond acceptors (Lipinski definition) is 5. The lowest BCUT2D eigenvalue weighted by atomic mass is 10.3. The van der Waals surface area contributed by atoms with Gasteiger partial charge in [-0.1, -0.05) is 6.07 Å². The van der Waals surface area contributed by atoms with E-state index in [2.05, 4.69) is 10.0 Å². The number of nitrogens with one attached hydrogen (secondary N) is 2. The van der Waals surface area contributed by atoms with Crippen LogP contribution in [0, 0.1) is 0 Å². The SMILES string of the molecule is CCOC(=O)Nc1cccc(S(=O)(=O)Nc2ccc(OC)cc2)c1. The van der Waals surface area contributed by atoms with Gasteiger partial charge >= 0.3 is 6.09 Å².